The number of pyridine rings is 1. The Balaban J connectivity index is 1.60. The highest BCUT2D eigenvalue weighted by Gasteiger charge is 2.29. The molecule has 0 fully saturated rings. The number of fused-ring (bicyclic) bond motifs is 2. The van der Waals surface area contributed by atoms with E-state index in [1.165, 1.54) is 4.31 Å². The number of ether oxygens (including phenoxy) is 2. The van der Waals surface area contributed by atoms with E-state index in [2.05, 4.69) is 4.98 Å². The Morgan fingerprint density at radius 2 is 1.50 bits per heavy atom. The summed E-state index contributed by atoms with van der Waals surface area (Å²) < 4.78 is 40.8. The SMILES string of the molecule is Cc1cc(C)c(S(=O)(=O)N(Cc2ccccc2)Cc2cc3cc4c(cc3[nH]c2=O)OCCO4)c(C)c1. The Hall–Kier alpha value is -3.62. The maximum Gasteiger partial charge on any atom is 0.252 e. The number of sulfonamides is 1. The lowest BCUT2D eigenvalue weighted by atomic mass is 10.1. The predicted octanol–water partition coefficient (Wildman–Crippen LogP) is 4.62. The second-order valence-electron chi connectivity index (χ2n) is 9.19. The Labute approximate surface area is 210 Å². The lowest BCUT2D eigenvalue weighted by Crippen LogP contribution is -2.33. The molecule has 3 aromatic carbocycles. The first-order chi connectivity index (χ1) is 17.2. The van der Waals surface area contributed by atoms with E-state index in [4.69, 9.17) is 9.47 Å². The summed E-state index contributed by atoms with van der Waals surface area (Å²) in [6.45, 7) is 6.51. The molecule has 7 nitrogen and oxygen atoms in total. The molecule has 5 rings (SSSR count). The van der Waals surface area contributed by atoms with Gasteiger partial charge in [0.15, 0.2) is 11.5 Å². The molecule has 0 saturated heterocycles. The van der Waals surface area contributed by atoms with Crippen molar-refractivity contribution >= 4 is 20.9 Å². The van der Waals surface area contributed by atoms with Crippen LogP contribution in [0, 0.1) is 20.8 Å². The van der Waals surface area contributed by atoms with Gasteiger partial charge in [-0.2, -0.15) is 4.31 Å². The van der Waals surface area contributed by atoms with Crippen LogP contribution in [-0.4, -0.2) is 30.9 Å². The number of aryl methyl sites for hydroxylation is 3. The van der Waals surface area contributed by atoms with Gasteiger partial charge in [0.05, 0.1) is 10.4 Å². The molecule has 0 atom stereocenters. The first kappa shape index (κ1) is 24.1. The maximum absolute atomic E-state index is 14.0. The standard InChI is InChI=1S/C28H28N2O5S/c1-18-11-19(2)27(20(3)12-18)36(32,33)30(16-21-7-5-4-6-8-21)17-23-13-22-14-25-26(35-10-9-34-25)15-24(22)29-28(23)31/h4-8,11-15H,9-10,16-17H2,1-3H3,(H,29,31). The third-order valence-corrected chi connectivity index (χ3v) is 8.43. The van der Waals surface area contributed by atoms with Crippen LogP contribution in [0.2, 0.25) is 0 Å². The first-order valence-corrected chi connectivity index (χ1v) is 13.2. The Morgan fingerprint density at radius 3 is 2.17 bits per heavy atom. The van der Waals surface area contributed by atoms with E-state index < -0.39 is 10.0 Å². The van der Waals surface area contributed by atoms with Gasteiger partial charge < -0.3 is 14.5 Å². The second-order valence-corrected chi connectivity index (χ2v) is 11.1. The fourth-order valence-corrected chi connectivity index (χ4v) is 6.63. The molecule has 4 aromatic rings. The Kier molecular flexibility index (Phi) is 6.32. The van der Waals surface area contributed by atoms with Crippen molar-refractivity contribution in [3.63, 3.8) is 0 Å². The summed E-state index contributed by atoms with van der Waals surface area (Å²) >= 11 is 0. The molecule has 1 aliphatic rings. The number of aromatic nitrogens is 1. The Morgan fingerprint density at radius 1 is 0.861 bits per heavy atom. The summed E-state index contributed by atoms with van der Waals surface area (Å²) in [5, 5.41) is 0.744. The third kappa shape index (κ3) is 4.62. The van der Waals surface area contributed by atoms with Crippen LogP contribution in [0.1, 0.15) is 27.8 Å². The molecular weight excluding hydrogens is 476 g/mol. The number of aromatic amines is 1. The smallest absolute Gasteiger partial charge is 0.252 e. The van der Waals surface area contributed by atoms with Crippen LogP contribution >= 0.6 is 0 Å². The number of hydrogen-bond donors (Lipinski definition) is 1. The van der Waals surface area contributed by atoms with E-state index in [1.54, 1.807) is 12.1 Å². The monoisotopic (exact) mass is 504 g/mol. The molecule has 0 radical (unpaired) electrons. The van der Waals surface area contributed by atoms with Gasteiger partial charge >= 0.3 is 0 Å². The minimum atomic E-state index is -3.92. The fourth-order valence-electron chi connectivity index (χ4n) is 4.81. The molecule has 186 valence electrons. The highest BCUT2D eigenvalue weighted by molar-refractivity contribution is 7.89. The quantitative estimate of drug-likeness (QED) is 0.414. The maximum atomic E-state index is 14.0. The lowest BCUT2D eigenvalue weighted by Gasteiger charge is -2.25. The summed E-state index contributed by atoms with van der Waals surface area (Å²) in [4.78, 5) is 16.2. The van der Waals surface area contributed by atoms with Gasteiger partial charge in [-0.15, -0.1) is 0 Å². The average molecular weight is 505 g/mol. The van der Waals surface area contributed by atoms with Gasteiger partial charge in [-0.3, -0.25) is 4.79 Å². The summed E-state index contributed by atoms with van der Waals surface area (Å²) in [6.07, 6.45) is 0. The Bertz CT molecular complexity index is 1590. The molecule has 0 aliphatic carbocycles. The van der Waals surface area contributed by atoms with E-state index in [0.29, 0.717) is 46.9 Å². The number of nitrogens with zero attached hydrogens (tertiary/aromatic N) is 1. The third-order valence-electron chi connectivity index (χ3n) is 6.33. The van der Waals surface area contributed by atoms with E-state index >= 15 is 0 Å². The number of benzene rings is 3. The molecule has 1 N–H and O–H groups in total. The summed E-state index contributed by atoms with van der Waals surface area (Å²) in [5.74, 6) is 1.18. The molecule has 36 heavy (non-hydrogen) atoms. The predicted molar refractivity (Wildman–Crippen MR) is 139 cm³/mol. The molecular formula is C28H28N2O5S. The van der Waals surface area contributed by atoms with Crippen molar-refractivity contribution in [1.82, 2.24) is 9.29 Å². The van der Waals surface area contributed by atoms with Crippen molar-refractivity contribution < 1.29 is 17.9 Å². The van der Waals surface area contributed by atoms with Crippen LogP contribution in [-0.2, 0) is 23.1 Å². The lowest BCUT2D eigenvalue weighted by molar-refractivity contribution is 0.172. The normalized spacial score (nSPS) is 13.3. The second kappa shape index (κ2) is 9.44. The summed E-state index contributed by atoms with van der Waals surface area (Å²) in [7, 11) is -3.92. The molecule has 0 spiro atoms. The van der Waals surface area contributed by atoms with Gasteiger partial charge in [0.25, 0.3) is 5.56 Å². The zero-order valence-electron chi connectivity index (χ0n) is 20.5. The van der Waals surface area contributed by atoms with Crippen LogP contribution in [0.15, 0.2) is 70.4 Å². The van der Waals surface area contributed by atoms with E-state index in [9.17, 15) is 13.2 Å². The van der Waals surface area contributed by atoms with Crippen LogP contribution in [0.5, 0.6) is 11.5 Å². The molecule has 1 aliphatic heterocycles. The summed E-state index contributed by atoms with van der Waals surface area (Å²) in [6, 6.07) is 18.4. The zero-order valence-corrected chi connectivity index (χ0v) is 21.3. The van der Waals surface area contributed by atoms with Gasteiger partial charge in [0.1, 0.15) is 13.2 Å². The van der Waals surface area contributed by atoms with Crippen LogP contribution in [0.3, 0.4) is 0 Å². The van der Waals surface area contributed by atoms with Crippen molar-refractivity contribution in [1.29, 1.82) is 0 Å². The number of hydrogen-bond acceptors (Lipinski definition) is 5. The molecule has 8 heteroatoms. The van der Waals surface area contributed by atoms with Crippen LogP contribution in [0.4, 0.5) is 0 Å². The van der Waals surface area contributed by atoms with Crippen molar-refractivity contribution in [2.24, 2.45) is 0 Å². The van der Waals surface area contributed by atoms with Crippen molar-refractivity contribution in [3.05, 3.63) is 98.8 Å². The van der Waals surface area contributed by atoms with Crippen LogP contribution in [0.25, 0.3) is 10.9 Å². The van der Waals surface area contributed by atoms with Gasteiger partial charge in [-0.25, -0.2) is 8.42 Å². The molecule has 0 unspecified atom stereocenters. The molecule has 2 heterocycles. The van der Waals surface area contributed by atoms with Gasteiger partial charge in [0.2, 0.25) is 10.0 Å². The largest absolute Gasteiger partial charge is 0.486 e. The topological polar surface area (TPSA) is 88.7 Å². The van der Waals surface area contributed by atoms with Gasteiger partial charge in [0, 0.05) is 30.1 Å². The molecule has 0 saturated carbocycles. The molecule has 0 amide bonds. The van der Waals surface area contributed by atoms with E-state index in [-0.39, 0.29) is 23.5 Å². The fraction of sp³-hybridized carbons (Fsp3) is 0.250. The molecule has 0 bridgehead atoms. The van der Waals surface area contributed by atoms with E-state index in [0.717, 1.165) is 16.5 Å². The molecule has 1 aromatic heterocycles. The minimum Gasteiger partial charge on any atom is -0.486 e. The van der Waals surface area contributed by atoms with E-state index in [1.807, 2.05) is 69.3 Å². The highest BCUT2D eigenvalue weighted by Crippen LogP contribution is 2.34. The number of nitrogens with one attached hydrogen (secondary N) is 1. The number of H-pyrrole nitrogens is 1. The average Bonchev–Trinajstić information content (AvgIpc) is 2.82. The van der Waals surface area contributed by atoms with Crippen molar-refractivity contribution in [3.8, 4) is 11.5 Å². The zero-order chi connectivity index (χ0) is 25.4. The highest BCUT2D eigenvalue weighted by atomic mass is 32.2. The summed E-state index contributed by atoms with van der Waals surface area (Å²) in [5.41, 5.74) is 3.81. The van der Waals surface area contributed by atoms with Gasteiger partial charge in [-0.1, -0.05) is 48.0 Å². The minimum absolute atomic E-state index is 0.0797. The first-order valence-electron chi connectivity index (χ1n) is 11.8. The number of rotatable bonds is 6. The van der Waals surface area contributed by atoms with Gasteiger partial charge in [-0.05, 0) is 49.6 Å². The van der Waals surface area contributed by atoms with Crippen LogP contribution < -0.4 is 15.0 Å². The van der Waals surface area contributed by atoms with Crippen molar-refractivity contribution in [2.75, 3.05) is 13.2 Å². The van der Waals surface area contributed by atoms with Crippen molar-refractivity contribution in [2.45, 2.75) is 38.8 Å².